The van der Waals surface area contributed by atoms with Gasteiger partial charge in [0.2, 0.25) is 0 Å². The lowest BCUT2D eigenvalue weighted by Gasteiger charge is -2.28. The van der Waals surface area contributed by atoms with Crippen LogP contribution in [-0.4, -0.2) is 49.0 Å². The number of rotatable bonds is 7. The minimum absolute atomic E-state index is 0.204. The highest BCUT2D eigenvalue weighted by Crippen LogP contribution is 2.48. The summed E-state index contributed by atoms with van der Waals surface area (Å²) in [5.74, 6) is 2.87. The van der Waals surface area contributed by atoms with Gasteiger partial charge in [0.25, 0.3) is 0 Å². The van der Waals surface area contributed by atoms with Gasteiger partial charge in [0, 0.05) is 13.1 Å². The van der Waals surface area contributed by atoms with Crippen LogP contribution in [0.3, 0.4) is 0 Å². The van der Waals surface area contributed by atoms with Crippen molar-refractivity contribution >= 4 is 0 Å². The standard InChI is InChI=1S/C15H29NO2/c1-11(2)18-10-15(17)9-16(3)8-14-7-12-4-5-13(14)6-12/h11-15,17H,4-10H2,1-3H3. The minimum atomic E-state index is -0.351. The molecule has 0 radical (unpaired) electrons. The van der Waals surface area contributed by atoms with Crippen molar-refractivity contribution in [1.82, 2.24) is 4.90 Å². The van der Waals surface area contributed by atoms with Crippen LogP contribution in [0.2, 0.25) is 0 Å². The number of likely N-dealkylation sites (N-methyl/N-ethyl adjacent to an activating group) is 1. The number of hydrogen-bond acceptors (Lipinski definition) is 3. The molecule has 0 aromatic carbocycles. The predicted octanol–water partition coefficient (Wildman–Crippen LogP) is 2.14. The maximum Gasteiger partial charge on any atom is 0.0900 e. The van der Waals surface area contributed by atoms with Crippen molar-refractivity contribution in [3.05, 3.63) is 0 Å². The van der Waals surface area contributed by atoms with Crippen LogP contribution in [0.4, 0.5) is 0 Å². The van der Waals surface area contributed by atoms with E-state index in [-0.39, 0.29) is 12.2 Å². The lowest BCUT2D eigenvalue weighted by molar-refractivity contribution is -0.00773. The highest BCUT2D eigenvalue weighted by atomic mass is 16.5. The fraction of sp³-hybridized carbons (Fsp3) is 1.00. The number of fused-ring (bicyclic) bond motifs is 2. The summed E-state index contributed by atoms with van der Waals surface area (Å²) in [5, 5.41) is 9.91. The van der Waals surface area contributed by atoms with Gasteiger partial charge in [0.15, 0.2) is 0 Å². The molecule has 2 rings (SSSR count). The molecule has 2 saturated carbocycles. The Morgan fingerprint density at radius 3 is 2.61 bits per heavy atom. The number of aliphatic hydroxyl groups excluding tert-OH is 1. The Morgan fingerprint density at radius 1 is 1.28 bits per heavy atom. The molecular formula is C15H29NO2. The van der Waals surface area contributed by atoms with E-state index in [1.54, 1.807) is 0 Å². The molecule has 106 valence electrons. The zero-order valence-electron chi connectivity index (χ0n) is 12.1. The molecule has 0 amide bonds. The topological polar surface area (TPSA) is 32.7 Å². The van der Waals surface area contributed by atoms with E-state index < -0.39 is 0 Å². The molecule has 2 aliphatic rings. The molecular weight excluding hydrogens is 226 g/mol. The summed E-state index contributed by atoms with van der Waals surface area (Å²) >= 11 is 0. The Kier molecular flexibility index (Phi) is 5.05. The van der Waals surface area contributed by atoms with Gasteiger partial charge in [-0.2, -0.15) is 0 Å². The van der Waals surface area contributed by atoms with E-state index >= 15 is 0 Å². The van der Waals surface area contributed by atoms with Crippen LogP contribution in [0, 0.1) is 17.8 Å². The number of nitrogens with zero attached hydrogens (tertiary/aromatic N) is 1. The summed E-state index contributed by atoms with van der Waals surface area (Å²) in [7, 11) is 2.13. The lowest BCUT2D eigenvalue weighted by atomic mass is 9.88. The van der Waals surface area contributed by atoms with Crippen LogP contribution in [0.1, 0.15) is 39.5 Å². The Balaban J connectivity index is 1.64. The maximum atomic E-state index is 9.91. The molecule has 18 heavy (non-hydrogen) atoms. The van der Waals surface area contributed by atoms with Crippen molar-refractivity contribution in [3.8, 4) is 0 Å². The summed E-state index contributed by atoms with van der Waals surface area (Å²) in [6.07, 6.45) is 5.66. The summed E-state index contributed by atoms with van der Waals surface area (Å²) in [6.45, 7) is 6.36. The first-order chi connectivity index (χ1) is 8.54. The average molecular weight is 255 g/mol. The highest BCUT2D eigenvalue weighted by Gasteiger charge is 2.39. The highest BCUT2D eigenvalue weighted by molar-refractivity contribution is 4.91. The van der Waals surface area contributed by atoms with E-state index in [1.165, 1.54) is 25.7 Å². The Hall–Kier alpha value is -0.120. The molecule has 2 aliphatic carbocycles. The molecule has 0 saturated heterocycles. The second kappa shape index (κ2) is 6.36. The SMILES string of the molecule is CC(C)OCC(O)CN(C)CC1CC2CCC1C2. The van der Waals surface area contributed by atoms with Crippen LogP contribution >= 0.6 is 0 Å². The van der Waals surface area contributed by atoms with E-state index in [0.29, 0.717) is 6.61 Å². The average Bonchev–Trinajstić information content (AvgIpc) is 2.87. The lowest BCUT2D eigenvalue weighted by Crippen LogP contribution is -2.36. The molecule has 4 unspecified atom stereocenters. The summed E-state index contributed by atoms with van der Waals surface area (Å²) in [5.41, 5.74) is 0. The molecule has 2 bridgehead atoms. The van der Waals surface area contributed by atoms with E-state index in [9.17, 15) is 5.11 Å². The molecule has 1 N–H and O–H groups in total. The molecule has 4 atom stereocenters. The van der Waals surface area contributed by atoms with Gasteiger partial charge < -0.3 is 14.7 Å². The molecule has 2 fully saturated rings. The van der Waals surface area contributed by atoms with E-state index in [1.807, 2.05) is 13.8 Å². The maximum absolute atomic E-state index is 9.91. The van der Waals surface area contributed by atoms with E-state index in [2.05, 4.69) is 11.9 Å². The van der Waals surface area contributed by atoms with Gasteiger partial charge in [-0.05, 0) is 57.9 Å². The first kappa shape index (κ1) is 14.3. The monoisotopic (exact) mass is 255 g/mol. The van der Waals surface area contributed by atoms with Crippen LogP contribution in [0.5, 0.6) is 0 Å². The molecule has 3 heteroatoms. The third kappa shape index (κ3) is 3.94. The van der Waals surface area contributed by atoms with Gasteiger partial charge in [-0.25, -0.2) is 0 Å². The van der Waals surface area contributed by atoms with Crippen molar-refractivity contribution in [3.63, 3.8) is 0 Å². The normalized spacial score (nSPS) is 32.7. The first-order valence-electron chi connectivity index (χ1n) is 7.52. The second-order valence-electron chi connectivity index (χ2n) is 6.69. The van der Waals surface area contributed by atoms with E-state index in [4.69, 9.17) is 4.74 Å². The Bertz CT molecular complexity index is 257. The first-order valence-corrected chi connectivity index (χ1v) is 7.52. The van der Waals surface area contributed by atoms with Crippen LogP contribution in [0.25, 0.3) is 0 Å². The summed E-state index contributed by atoms with van der Waals surface area (Å²) in [6, 6.07) is 0. The van der Waals surface area contributed by atoms with Gasteiger partial charge in [-0.1, -0.05) is 6.42 Å². The van der Waals surface area contributed by atoms with Crippen molar-refractivity contribution in [2.45, 2.75) is 51.7 Å². The number of ether oxygens (including phenoxy) is 1. The van der Waals surface area contributed by atoms with Crippen molar-refractivity contribution in [1.29, 1.82) is 0 Å². The second-order valence-corrected chi connectivity index (χ2v) is 6.69. The summed E-state index contributed by atoms with van der Waals surface area (Å²) in [4.78, 5) is 2.29. The molecule has 0 spiro atoms. The van der Waals surface area contributed by atoms with Crippen LogP contribution in [0.15, 0.2) is 0 Å². The Morgan fingerprint density at radius 2 is 2.06 bits per heavy atom. The van der Waals surface area contributed by atoms with Gasteiger partial charge in [0.1, 0.15) is 0 Å². The largest absolute Gasteiger partial charge is 0.389 e. The molecule has 0 aliphatic heterocycles. The van der Waals surface area contributed by atoms with E-state index in [0.717, 1.165) is 30.8 Å². The van der Waals surface area contributed by atoms with Gasteiger partial charge in [-0.15, -0.1) is 0 Å². The van der Waals surface area contributed by atoms with Crippen molar-refractivity contribution in [2.24, 2.45) is 17.8 Å². The molecule has 0 aromatic rings. The third-order valence-electron chi connectivity index (χ3n) is 4.58. The smallest absolute Gasteiger partial charge is 0.0900 e. The number of hydrogen-bond donors (Lipinski definition) is 1. The predicted molar refractivity (Wildman–Crippen MR) is 73.5 cm³/mol. The van der Waals surface area contributed by atoms with Crippen LogP contribution in [-0.2, 0) is 4.74 Å². The number of aliphatic hydroxyl groups is 1. The molecule has 0 aromatic heterocycles. The van der Waals surface area contributed by atoms with Crippen LogP contribution < -0.4 is 0 Å². The zero-order chi connectivity index (χ0) is 13.1. The Labute approximate surface area is 112 Å². The van der Waals surface area contributed by atoms with Gasteiger partial charge in [-0.3, -0.25) is 0 Å². The minimum Gasteiger partial charge on any atom is -0.389 e. The van der Waals surface area contributed by atoms with Crippen molar-refractivity contribution in [2.75, 3.05) is 26.7 Å². The van der Waals surface area contributed by atoms with Crippen molar-refractivity contribution < 1.29 is 9.84 Å². The summed E-state index contributed by atoms with van der Waals surface area (Å²) < 4.78 is 5.45. The van der Waals surface area contributed by atoms with Gasteiger partial charge >= 0.3 is 0 Å². The van der Waals surface area contributed by atoms with Gasteiger partial charge in [0.05, 0.1) is 18.8 Å². The molecule has 3 nitrogen and oxygen atoms in total. The quantitative estimate of drug-likeness (QED) is 0.756. The molecule has 0 heterocycles. The fourth-order valence-corrected chi connectivity index (χ4v) is 3.79. The third-order valence-corrected chi connectivity index (χ3v) is 4.58. The zero-order valence-corrected chi connectivity index (χ0v) is 12.1. The fourth-order valence-electron chi connectivity index (χ4n) is 3.79.